The minimum absolute atomic E-state index is 0.00222. The molecule has 0 radical (unpaired) electrons. The quantitative estimate of drug-likeness (QED) is 0.576. The second-order valence-corrected chi connectivity index (χ2v) is 4.77. The topological polar surface area (TPSA) is 20.3 Å². The monoisotopic (exact) mass is 315 g/mol. The lowest BCUT2D eigenvalue weighted by Crippen LogP contribution is -2.46. The number of benzene rings is 1. The van der Waals surface area contributed by atoms with Gasteiger partial charge < -0.3 is 4.90 Å². The average Bonchev–Trinajstić information content (AvgIpc) is 2.16. The molecule has 0 aromatic heterocycles. The van der Waals surface area contributed by atoms with Crippen molar-refractivity contribution in [1.29, 1.82) is 0 Å². The molecule has 14 heavy (non-hydrogen) atoms. The van der Waals surface area contributed by atoms with Crippen LogP contribution >= 0.6 is 31.9 Å². The molecule has 0 saturated carbocycles. The van der Waals surface area contributed by atoms with E-state index in [9.17, 15) is 4.79 Å². The zero-order chi connectivity index (χ0) is 10.3. The van der Waals surface area contributed by atoms with E-state index in [1.165, 1.54) is 0 Å². The number of rotatable bonds is 1. The van der Waals surface area contributed by atoms with Gasteiger partial charge in [-0.1, -0.05) is 12.6 Å². The Morgan fingerprint density at radius 1 is 1.29 bits per heavy atom. The number of β-lactam (4-membered cyclic amide) rings is 1. The molecule has 72 valence electrons. The van der Waals surface area contributed by atoms with Crippen LogP contribution in [0.4, 0.5) is 5.69 Å². The molecule has 1 aromatic rings. The van der Waals surface area contributed by atoms with Crippen LogP contribution < -0.4 is 4.90 Å². The zero-order valence-electron chi connectivity index (χ0n) is 7.26. The highest BCUT2D eigenvalue weighted by molar-refractivity contribution is 9.11. The first kappa shape index (κ1) is 9.93. The summed E-state index contributed by atoms with van der Waals surface area (Å²) in [5.41, 5.74) is 1.54. The number of carbonyl (C=O) groups excluding carboxylic acids is 1. The van der Waals surface area contributed by atoms with Gasteiger partial charge >= 0.3 is 0 Å². The molecule has 1 aliphatic heterocycles. The number of hydrogen-bond donors (Lipinski definition) is 0. The normalized spacial score (nSPS) is 15.7. The fraction of sp³-hybridized carbons (Fsp3) is 0.100. The molecule has 0 bridgehead atoms. The molecule has 1 aromatic carbocycles. The Labute approximate surface area is 98.9 Å². The van der Waals surface area contributed by atoms with Gasteiger partial charge in [-0.25, -0.2) is 0 Å². The van der Waals surface area contributed by atoms with Gasteiger partial charge in [-0.2, -0.15) is 0 Å². The minimum Gasteiger partial charge on any atom is -0.302 e. The van der Waals surface area contributed by atoms with Crippen molar-refractivity contribution in [2.45, 2.75) is 0 Å². The highest BCUT2D eigenvalue weighted by Crippen LogP contribution is 2.37. The molecular formula is C10H7Br2NO. The molecule has 0 unspecified atom stereocenters. The van der Waals surface area contributed by atoms with Crippen LogP contribution in [-0.2, 0) is 4.79 Å². The van der Waals surface area contributed by atoms with E-state index in [4.69, 9.17) is 0 Å². The molecular weight excluding hydrogens is 310 g/mol. The fourth-order valence-electron chi connectivity index (χ4n) is 1.36. The summed E-state index contributed by atoms with van der Waals surface area (Å²) in [4.78, 5) is 13.1. The summed E-state index contributed by atoms with van der Waals surface area (Å²) in [7, 11) is 0. The first-order valence-corrected chi connectivity index (χ1v) is 5.63. The number of nitrogens with zero attached hydrogens (tertiary/aromatic N) is 1. The van der Waals surface area contributed by atoms with Gasteiger partial charge in [0.05, 0.1) is 12.2 Å². The number of para-hydroxylation sites is 1. The van der Waals surface area contributed by atoms with Crippen LogP contribution in [0, 0.1) is 0 Å². The largest absolute Gasteiger partial charge is 0.302 e. The van der Waals surface area contributed by atoms with Gasteiger partial charge in [0.2, 0.25) is 0 Å². The van der Waals surface area contributed by atoms with Crippen molar-refractivity contribution in [2.75, 3.05) is 11.4 Å². The SMILES string of the molecule is C=C1CN(c2c(Br)cccc2Br)C1=O. The van der Waals surface area contributed by atoms with Gasteiger partial charge in [-0.15, -0.1) is 0 Å². The summed E-state index contributed by atoms with van der Waals surface area (Å²) in [5.74, 6) is -0.00222. The minimum atomic E-state index is -0.00222. The van der Waals surface area contributed by atoms with Crippen LogP contribution in [0.15, 0.2) is 39.3 Å². The Bertz CT molecular complexity index is 408. The van der Waals surface area contributed by atoms with Gasteiger partial charge in [0.15, 0.2) is 0 Å². The summed E-state index contributed by atoms with van der Waals surface area (Å²) in [6.45, 7) is 4.27. The molecule has 1 heterocycles. The van der Waals surface area contributed by atoms with E-state index in [2.05, 4.69) is 38.4 Å². The number of hydrogen-bond acceptors (Lipinski definition) is 1. The molecule has 0 aliphatic carbocycles. The second kappa shape index (κ2) is 3.51. The van der Waals surface area contributed by atoms with Crippen LogP contribution in [0.2, 0.25) is 0 Å². The Morgan fingerprint density at radius 2 is 1.86 bits per heavy atom. The standard InChI is InChI=1S/C10H7Br2NO/c1-6-5-13(10(6)14)9-7(11)3-2-4-8(9)12/h2-4H,1,5H2. The first-order valence-electron chi connectivity index (χ1n) is 4.05. The van der Waals surface area contributed by atoms with E-state index < -0.39 is 0 Å². The third-order valence-electron chi connectivity index (χ3n) is 2.10. The second-order valence-electron chi connectivity index (χ2n) is 3.07. The lowest BCUT2D eigenvalue weighted by molar-refractivity contribution is -0.117. The molecule has 2 nitrogen and oxygen atoms in total. The number of halogens is 2. The summed E-state index contributed by atoms with van der Waals surface area (Å²) in [6, 6.07) is 5.74. The highest BCUT2D eigenvalue weighted by Gasteiger charge is 2.32. The van der Waals surface area contributed by atoms with Crippen LogP contribution in [0.1, 0.15) is 0 Å². The van der Waals surface area contributed by atoms with Crippen molar-refractivity contribution < 1.29 is 4.79 Å². The van der Waals surface area contributed by atoms with Crippen LogP contribution in [0.5, 0.6) is 0 Å². The van der Waals surface area contributed by atoms with Gasteiger partial charge in [0, 0.05) is 14.5 Å². The van der Waals surface area contributed by atoms with Gasteiger partial charge in [-0.05, 0) is 44.0 Å². The predicted octanol–water partition coefficient (Wildman–Crippen LogP) is 3.11. The molecule has 1 fully saturated rings. The number of amides is 1. The summed E-state index contributed by atoms with van der Waals surface area (Å²) < 4.78 is 1.82. The van der Waals surface area contributed by atoms with E-state index in [0.717, 1.165) is 14.6 Å². The predicted molar refractivity (Wildman–Crippen MR) is 63.3 cm³/mol. The van der Waals surface area contributed by atoms with E-state index in [-0.39, 0.29) is 5.91 Å². The molecule has 0 atom stereocenters. The van der Waals surface area contributed by atoms with Gasteiger partial charge in [-0.3, -0.25) is 4.79 Å². The smallest absolute Gasteiger partial charge is 0.255 e. The molecule has 1 amide bonds. The summed E-state index contributed by atoms with van der Waals surface area (Å²) >= 11 is 6.83. The van der Waals surface area contributed by atoms with Crippen molar-refractivity contribution in [1.82, 2.24) is 0 Å². The molecule has 2 rings (SSSR count). The Balaban J connectivity index is 2.42. The van der Waals surface area contributed by atoms with Crippen molar-refractivity contribution in [3.05, 3.63) is 39.3 Å². The average molecular weight is 317 g/mol. The Morgan fingerprint density at radius 3 is 2.29 bits per heavy atom. The fourth-order valence-corrected chi connectivity index (χ4v) is 2.78. The van der Waals surface area contributed by atoms with Crippen molar-refractivity contribution in [2.24, 2.45) is 0 Å². The van der Waals surface area contributed by atoms with E-state index >= 15 is 0 Å². The third-order valence-corrected chi connectivity index (χ3v) is 3.38. The molecule has 4 heteroatoms. The lowest BCUT2D eigenvalue weighted by atomic mass is 10.1. The first-order chi connectivity index (χ1) is 6.61. The summed E-state index contributed by atoms with van der Waals surface area (Å²) in [5, 5.41) is 0. The van der Waals surface area contributed by atoms with E-state index in [1.54, 1.807) is 4.90 Å². The zero-order valence-corrected chi connectivity index (χ0v) is 10.4. The van der Waals surface area contributed by atoms with E-state index in [0.29, 0.717) is 12.1 Å². The van der Waals surface area contributed by atoms with Crippen molar-refractivity contribution >= 4 is 43.5 Å². The summed E-state index contributed by atoms with van der Waals surface area (Å²) in [6.07, 6.45) is 0. The molecule has 1 aliphatic rings. The van der Waals surface area contributed by atoms with Crippen LogP contribution in [-0.4, -0.2) is 12.5 Å². The van der Waals surface area contributed by atoms with Gasteiger partial charge in [0.1, 0.15) is 0 Å². The Kier molecular flexibility index (Phi) is 2.49. The van der Waals surface area contributed by atoms with Crippen LogP contribution in [0.25, 0.3) is 0 Å². The van der Waals surface area contributed by atoms with Crippen molar-refractivity contribution in [3.63, 3.8) is 0 Å². The number of anilines is 1. The molecule has 0 N–H and O–H groups in total. The van der Waals surface area contributed by atoms with Gasteiger partial charge in [0.25, 0.3) is 5.91 Å². The highest BCUT2D eigenvalue weighted by atomic mass is 79.9. The molecule has 1 saturated heterocycles. The maximum absolute atomic E-state index is 11.5. The molecule has 0 spiro atoms. The maximum Gasteiger partial charge on any atom is 0.255 e. The lowest BCUT2D eigenvalue weighted by Gasteiger charge is -2.34. The number of carbonyl (C=O) groups is 1. The third kappa shape index (κ3) is 1.42. The van der Waals surface area contributed by atoms with Crippen LogP contribution in [0.3, 0.4) is 0 Å². The van der Waals surface area contributed by atoms with Crippen molar-refractivity contribution in [3.8, 4) is 0 Å². The Hall–Kier alpha value is -0.610. The van der Waals surface area contributed by atoms with E-state index in [1.807, 2.05) is 18.2 Å². The maximum atomic E-state index is 11.5.